The van der Waals surface area contributed by atoms with Gasteiger partial charge in [0.2, 0.25) is 0 Å². The minimum atomic E-state index is -4.41. The van der Waals surface area contributed by atoms with E-state index < -0.39 is 11.7 Å². The number of nitrogens with two attached hydrogens (primary N) is 1. The van der Waals surface area contributed by atoms with Crippen LogP contribution in [0, 0.1) is 0 Å². The summed E-state index contributed by atoms with van der Waals surface area (Å²) in [7, 11) is 0. The summed E-state index contributed by atoms with van der Waals surface area (Å²) in [5, 5.41) is 8.68. The highest BCUT2D eigenvalue weighted by molar-refractivity contribution is 5.52. The average Bonchev–Trinajstić information content (AvgIpc) is 2.17. The van der Waals surface area contributed by atoms with Crippen molar-refractivity contribution < 1.29 is 18.4 Å². The molecule has 0 amide bonds. The first-order valence-corrected chi connectivity index (χ1v) is 4.29. The second-order valence-corrected chi connectivity index (χ2v) is 3.02. The van der Waals surface area contributed by atoms with Crippen LogP contribution in [0.2, 0.25) is 0 Å². The van der Waals surface area contributed by atoms with Crippen LogP contribution in [0.15, 0.2) is 18.2 Å². The Morgan fingerprint density at radius 1 is 1.33 bits per heavy atom. The highest BCUT2D eigenvalue weighted by Crippen LogP contribution is 2.32. The largest absolute Gasteiger partial charge is 0.416 e. The van der Waals surface area contributed by atoms with Gasteiger partial charge in [-0.05, 0) is 30.7 Å². The molecule has 1 aromatic rings. The Hall–Kier alpha value is -1.27. The molecular formula is C9H11F3N2O. The van der Waals surface area contributed by atoms with E-state index in [0.717, 1.165) is 12.1 Å². The fraction of sp³-hybridized carbons (Fsp3) is 0.333. The lowest BCUT2D eigenvalue weighted by Gasteiger charge is -2.11. The van der Waals surface area contributed by atoms with Crippen molar-refractivity contribution >= 4 is 5.69 Å². The second kappa shape index (κ2) is 4.50. The molecule has 4 N–H and O–H groups in total. The molecule has 0 unspecified atom stereocenters. The first-order valence-electron chi connectivity index (χ1n) is 4.29. The SMILES string of the molecule is NCCc1ccc(C(F)(F)F)cc1NO. The third-order valence-corrected chi connectivity index (χ3v) is 1.97. The number of benzene rings is 1. The summed E-state index contributed by atoms with van der Waals surface area (Å²) in [4.78, 5) is 0. The van der Waals surface area contributed by atoms with Crippen LogP contribution in [0.5, 0.6) is 0 Å². The Labute approximate surface area is 84.7 Å². The highest BCUT2D eigenvalue weighted by Gasteiger charge is 2.30. The van der Waals surface area contributed by atoms with Crippen LogP contribution in [0.1, 0.15) is 11.1 Å². The number of hydrogen-bond donors (Lipinski definition) is 3. The molecule has 0 spiro atoms. The number of alkyl halides is 3. The molecular weight excluding hydrogens is 209 g/mol. The molecule has 84 valence electrons. The molecule has 0 aliphatic heterocycles. The fourth-order valence-corrected chi connectivity index (χ4v) is 1.23. The summed E-state index contributed by atoms with van der Waals surface area (Å²) in [6.07, 6.45) is -4.01. The number of anilines is 1. The molecule has 0 fully saturated rings. The van der Waals surface area contributed by atoms with E-state index in [0.29, 0.717) is 18.5 Å². The maximum atomic E-state index is 12.3. The van der Waals surface area contributed by atoms with Gasteiger partial charge in [0, 0.05) is 0 Å². The Kier molecular flexibility index (Phi) is 3.54. The molecule has 0 aliphatic carbocycles. The quantitative estimate of drug-likeness (QED) is 0.683. The zero-order valence-electron chi connectivity index (χ0n) is 7.80. The lowest BCUT2D eigenvalue weighted by Crippen LogP contribution is -2.09. The predicted octanol–water partition coefficient (Wildman–Crippen LogP) is 2.01. The summed E-state index contributed by atoms with van der Waals surface area (Å²) in [5.74, 6) is 0. The maximum absolute atomic E-state index is 12.3. The van der Waals surface area contributed by atoms with E-state index in [4.69, 9.17) is 10.9 Å². The van der Waals surface area contributed by atoms with Crippen LogP contribution in [0.4, 0.5) is 18.9 Å². The molecule has 0 atom stereocenters. The second-order valence-electron chi connectivity index (χ2n) is 3.02. The van der Waals surface area contributed by atoms with Gasteiger partial charge in [-0.1, -0.05) is 6.07 Å². The van der Waals surface area contributed by atoms with Crippen LogP contribution in [0.25, 0.3) is 0 Å². The fourth-order valence-electron chi connectivity index (χ4n) is 1.23. The molecule has 0 radical (unpaired) electrons. The molecule has 1 aromatic carbocycles. The third-order valence-electron chi connectivity index (χ3n) is 1.97. The normalized spacial score (nSPS) is 11.5. The van der Waals surface area contributed by atoms with E-state index in [1.165, 1.54) is 6.07 Å². The van der Waals surface area contributed by atoms with Crippen LogP contribution in [0.3, 0.4) is 0 Å². The standard InChI is InChI=1S/C9H11F3N2O/c10-9(11,12)7-2-1-6(3-4-13)8(5-7)14-15/h1-2,5,14-15H,3-4,13H2. The Morgan fingerprint density at radius 2 is 2.00 bits per heavy atom. The lowest BCUT2D eigenvalue weighted by atomic mass is 10.1. The van der Waals surface area contributed by atoms with Gasteiger partial charge in [-0.25, -0.2) is 0 Å². The third kappa shape index (κ3) is 2.84. The van der Waals surface area contributed by atoms with Crippen LogP contribution in [-0.2, 0) is 12.6 Å². The Morgan fingerprint density at radius 3 is 2.47 bits per heavy atom. The van der Waals surface area contributed by atoms with E-state index in [1.54, 1.807) is 5.48 Å². The van der Waals surface area contributed by atoms with Crippen molar-refractivity contribution in [1.29, 1.82) is 0 Å². The van der Waals surface area contributed by atoms with Crippen molar-refractivity contribution in [3.63, 3.8) is 0 Å². The van der Waals surface area contributed by atoms with Crippen molar-refractivity contribution in [2.24, 2.45) is 5.73 Å². The summed E-state index contributed by atoms with van der Waals surface area (Å²) in [5.41, 5.74) is 6.79. The van der Waals surface area contributed by atoms with Crippen molar-refractivity contribution in [2.75, 3.05) is 12.0 Å². The van der Waals surface area contributed by atoms with Gasteiger partial charge in [0.15, 0.2) is 0 Å². The van der Waals surface area contributed by atoms with Crippen LogP contribution < -0.4 is 11.2 Å². The molecule has 6 heteroatoms. The zero-order valence-corrected chi connectivity index (χ0v) is 7.80. The summed E-state index contributed by atoms with van der Waals surface area (Å²) >= 11 is 0. The Balaban J connectivity index is 3.08. The minimum absolute atomic E-state index is 0.0373. The summed E-state index contributed by atoms with van der Waals surface area (Å²) < 4.78 is 36.9. The monoisotopic (exact) mass is 220 g/mol. The number of nitrogens with one attached hydrogen (secondary N) is 1. The van der Waals surface area contributed by atoms with E-state index >= 15 is 0 Å². The molecule has 0 saturated heterocycles. The van der Waals surface area contributed by atoms with E-state index in [-0.39, 0.29) is 5.69 Å². The van der Waals surface area contributed by atoms with E-state index in [9.17, 15) is 13.2 Å². The molecule has 3 nitrogen and oxygen atoms in total. The highest BCUT2D eigenvalue weighted by atomic mass is 19.4. The van der Waals surface area contributed by atoms with Gasteiger partial charge < -0.3 is 5.73 Å². The lowest BCUT2D eigenvalue weighted by molar-refractivity contribution is -0.137. The first kappa shape index (κ1) is 11.8. The minimum Gasteiger partial charge on any atom is -0.330 e. The van der Waals surface area contributed by atoms with Gasteiger partial charge in [0.05, 0.1) is 11.3 Å². The molecule has 1 rings (SSSR count). The smallest absolute Gasteiger partial charge is 0.330 e. The van der Waals surface area contributed by atoms with E-state index in [1.807, 2.05) is 0 Å². The zero-order chi connectivity index (χ0) is 11.5. The number of halogens is 3. The number of rotatable bonds is 3. The predicted molar refractivity (Wildman–Crippen MR) is 49.6 cm³/mol. The van der Waals surface area contributed by atoms with Gasteiger partial charge in [-0.15, -0.1) is 0 Å². The van der Waals surface area contributed by atoms with Gasteiger partial charge in [0.1, 0.15) is 0 Å². The molecule has 0 aromatic heterocycles. The van der Waals surface area contributed by atoms with Gasteiger partial charge >= 0.3 is 6.18 Å². The van der Waals surface area contributed by atoms with Crippen molar-refractivity contribution in [3.8, 4) is 0 Å². The van der Waals surface area contributed by atoms with Crippen molar-refractivity contribution in [3.05, 3.63) is 29.3 Å². The van der Waals surface area contributed by atoms with Crippen molar-refractivity contribution in [1.82, 2.24) is 0 Å². The molecule has 0 aliphatic rings. The van der Waals surface area contributed by atoms with Gasteiger partial charge in [0.25, 0.3) is 0 Å². The molecule has 0 bridgehead atoms. The molecule has 0 saturated carbocycles. The average molecular weight is 220 g/mol. The summed E-state index contributed by atoms with van der Waals surface area (Å²) in [6, 6.07) is 3.12. The van der Waals surface area contributed by atoms with Crippen LogP contribution in [-0.4, -0.2) is 11.8 Å². The topological polar surface area (TPSA) is 58.3 Å². The van der Waals surface area contributed by atoms with E-state index in [2.05, 4.69) is 0 Å². The maximum Gasteiger partial charge on any atom is 0.416 e. The van der Waals surface area contributed by atoms with Gasteiger partial charge in [-0.2, -0.15) is 13.2 Å². The van der Waals surface area contributed by atoms with Crippen LogP contribution >= 0.6 is 0 Å². The van der Waals surface area contributed by atoms with Crippen molar-refractivity contribution in [2.45, 2.75) is 12.6 Å². The van der Waals surface area contributed by atoms with Gasteiger partial charge in [-0.3, -0.25) is 10.7 Å². The Bertz CT molecular complexity index is 339. The number of hydrogen-bond acceptors (Lipinski definition) is 3. The molecule has 0 heterocycles. The molecule has 15 heavy (non-hydrogen) atoms. The summed E-state index contributed by atoms with van der Waals surface area (Å²) in [6.45, 7) is 0.306. The first-order chi connectivity index (χ1) is 6.99.